The molecule has 0 fully saturated rings. The van der Waals surface area contributed by atoms with E-state index < -0.39 is 10.0 Å². The average Bonchev–Trinajstić information content (AvgIpc) is 2.94. The Labute approximate surface area is 132 Å². The zero-order valence-electron chi connectivity index (χ0n) is 12.7. The summed E-state index contributed by atoms with van der Waals surface area (Å²) in [4.78, 5) is 0. The third-order valence-electron chi connectivity index (χ3n) is 4.18. The van der Waals surface area contributed by atoms with Gasteiger partial charge in [0.1, 0.15) is 0 Å². The van der Waals surface area contributed by atoms with E-state index in [0.717, 1.165) is 24.0 Å². The number of hydrogen-bond donors (Lipinski definition) is 1. The van der Waals surface area contributed by atoms with E-state index in [1.165, 1.54) is 17.5 Å². The van der Waals surface area contributed by atoms with Crippen molar-refractivity contribution in [2.45, 2.75) is 38.0 Å². The molecular weight excluding hydrogens is 294 g/mol. The lowest BCUT2D eigenvalue weighted by atomic mass is 10.0. The number of fused-ring (bicyclic) bond motifs is 1. The fourth-order valence-corrected chi connectivity index (χ4v) is 4.42. The van der Waals surface area contributed by atoms with Crippen molar-refractivity contribution in [2.24, 2.45) is 0 Å². The predicted molar refractivity (Wildman–Crippen MR) is 89.1 cm³/mol. The molecule has 2 aromatic rings. The molecule has 0 heterocycles. The van der Waals surface area contributed by atoms with Crippen molar-refractivity contribution in [3.05, 3.63) is 70.8 Å². The second kappa shape index (κ2) is 6.23. The van der Waals surface area contributed by atoms with Crippen LogP contribution < -0.4 is 4.72 Å². The van der Waals surface area contributed by atoms with Gasteiger partial charge in [0.05, 0.1) is 5.75 Å². The quantitative estimate of drug-likeness (QED) is 0.919. The highest BCUT2D eigenvalue weighted by Gasteiger charge is 2.18. The molecule has 0 aliphatic heterocycles. The first-order chi connectivity index (χ1) is 10.5. The number of hydrogen-bond acceptors (Lipinski definition) is 2. The Hall–Kier alpha value is -1.65. The molecule has 1 N–H and O–H groups in total. The zero-order chi connectivity index (χ0) is 15.6. The average molecular weight is 315 g/mol. The van der Waals surface area contributed by atoms with E-state index in [4.69, 9.17) is 0 Å². The largest absolute Gasteiger partial charge is 0.216 e. The molecule has 4 heteroatoms. The highest BCUT2D eigenvalue weighted by Crippen LogP contribution is 2.25. The Kier molecular flexibility index (Phi) is 4.32. The minimum absolute atomic E-state index is 0.0170. The molecule has 0 amide bonds. The number of benzene rings is 2. The van der Waals surface area contributed by atoms with Gasteiger partial charge in [-0.15, -0.1) is 0 Å². The topological polar surface area (TPSA) is 46.2 Å². The highest BCUT2D eigenvalue weighted by molar-refractivity contribution is 7.88. The van der Waals surface area contributed by atoms with Gasteiger partial charge in [0, 0.05) is 6.04 Å². The van der Waals surface area contributed by atoms with Gasteiger partial charge in [0.25, 0.3) is 0 Å². The lowest BCUT2D eigenvalue weighted by Crippen LogP contribution is -2.28. The van der Waals surface area contributed by atoms with Crippen molar-refractivity contribution in [3.8, 4) is 0 Å². The minimum Gasteiger partial charge on any atom is -0.212 e. The zero-order valence-corrected chi connectivity index (χ0v) is 13.6. The third kappa shape index (κ3) is 3.57. The molecule has 22 heavy (non-hydrogen) atoms. The molecule has 0 bridgehead atoms. The van der Waals surface area contributed by atoms with Crippen LogP contribution >= 0.6 is 0 Å². The summed E-state index contributed by atoms with van der Waals surface area (Å²) in [5.74, 6) is 0.0170. The van der Waals surface area contributed by atoms with Crippen LogP contribution in [0.25, 0.3) is 0 Å². The van der Waals surface area contributed by atoms with Crippen molar-refractivity contribution in [1.29, 1.82) is 0 Å². The SMILES string of the molecule is C[C@@H](NS(=O)(=O)Cc1ccccc1)c1ccc2c(c1)CCC2. The van der Waals surface area contributed by atoms with E-state index in [-0.39, 0.29) is 11.8 Å². The van der Waals surface area contributed by atoms with Gasteiger partial charge in [-0.25, -0.2) is 13.1 Å². The Morgan fingerprint density at radius 3 is 2.55 bits per heavy atom. The molecule has 0 spiro atoms. The van der Waals surface area contributed by atoms with E-state index in [0.29, 0.717) is 0 Å². The summed E-state index contributed by atoms with van der Waals surface area (Å²) in [5, 5.41) is 0. The van der Waals surface area contributed by atoms with E-state index >= 15 is 0 Å². The molecule has 3 rings (SSSR count). The van der Waals surface area contributed by atoms with Crippen LogP contribution in [0.15, 0.2) is 48.5 Å². The number of sulfonamides is 1. The highest BCUT2D eigenvalue weighted by atomic mass is 32.2. The molecule has 0 aromatic heterocycles. The molecule has 116 valence electrons. The lowest BCUT2D eigenvalue weighted by Gasteiger charge is -2.16. The van der Waals surface area contributed by atoms with Gasteiger partial charge in [-0.3, -0.25) is 0 Å². The number of nitrogens with one attached hydrogen (secondary N) is 1. The van der Waals surface area contributed by atoms with E-state index in [1.54, 1.807) is 0 Å². The first-order valence-electron chi connectivity index (χ1n) is 7.69. The maximum Gasteiger partial charge on any atom is 0.216 e. The van der Waals surface area contributed by atoms with Crippen molar-refractivity contribution in [2.75, 3.05) is 0 Å². The monoisotopic (exact) mass is 315 g/mol. The van der Waals surface area contributed by atoms with Crippen LogP contribution in [0.3, 0.4) is 0 Å². The predicted octanol–water partition coefficient (Wildman–Crippen LogP) is 3.36. The molecule has 3 nitrogen and oxygen atoms in total. The van der Waals surface area contributed by atoms with Crippen molar-refractivity contribution < 1.29 is 8.42 Å². The second-order valence-electron chi connectivity index (χ2n) is 5.97. The molecule has 0 saturated carbocycles. The summed E-state index contributed by atoms with van der Waals surface area (Å²) in [7, 11) is -3.35. The minimum atomic E-state index is -3.35. The maximum atomic E-state index is 12.3. The molecule has 2 aromatic carbocycles. The summed E-state index contributed by atoms with van der Waals surface area (Å²) < 4.78 is 27.4. The fourth-order valence-electron chi connectivity index (χ4n) is 3.03. The molecular formula is C18H21NO2S. The van der Waals surface area contributed by atoms with Gasteiger partial charge in [-0.1, -0.05) is 48.5 Å². The van der Waals surface area contributed by atoms with Gasteiger partial charge in [0.15, 0.2) is 0 Å². The maximum absolute atomic E-state index is 12.3. The Morgan fingerprint density at radius 2 is 1.77 bits per heavy atom. The Morgan fingerprint density at radius 1 is 1.05 bits per heavy atom. The molecule has 1 aliphatic rings. The van der Waals surface area contributed by atoms with Crippen LogP contribution in [0.2, 0.25) is 0 Å². The normalized spacial score (nSPS) is 15.5. The van der Waals surface area contributed by atoms with Crippen molar-refractivity contribution in [1.82, 2.24) is 4.72 Å². The fraction of sp³-hybridized carbons (Fsp3) is 0.333. The summed E-state index contributed by atoms with van der Waals surface area (Å²) in [6.45, 7) is 1.90. The van der Waals surface area contributed by atoms with Crippen LogP contribution in [-0.2, 0) is 28.6 Å². The van der Waals surface area contributed by atoms with Gasteiger partial charge in [-0.2, -0.15) is 0 Å². The van der Waals surface area contributed by atoms with Crippen LogP contribution in [0.5, 0.6) is 0 Å². The first kappa shape index (κ1) is 15.3. The van der Waals surface area contributed by atoms with Gasteiger partial charge in [-0.05, 0) is 48.4 Å². The van der Waals surface area contributed by atoms with Gasteiger partial charge >= 0.3 is 0 Å². The van der Waals surface area contributed by atoms with E-state index in [9.17, 15) is 8.42 Å². The molecule has 1 aliphatic carbocycles. The first-order valence-corrected chi connectivity index (χ1v) is 9.34. The molecule has 1 atom stereocenters. The van der Waals surface area contributed by atoms with Gasteiger partial charge < -0.3 is 0 Å². The molecule has 0 unspecified atom stereocenters. The smallest absolute Gasteiger partial charge is 0.212 e. The molecule has 0 radical (unpaired) electrons. The van der Waals surface area contributed by atoms with Crippen LogP contribution in [-0.4, -0.2) is 8.42 Å². The number of aryl methyl sites for hydroxylation is 2. The summed E-state index contributed by atoms with van der Waals surface area (Å²) in [5.41, 5.74) is 4.61. The Bertz CT molecular complexity index is 754. The summed E-state index contributed by atoms with van der Waals surface area (Å²) in [6, 6.07) is 15.4. The van der Waals surface area contributed by atoms with Crippen molar-refractivity contribution >= 4 is 10.0 Å². The van der Waals surface area contributed by atoms with Crippen molar-refractivity contribution in [3.63, 3.8) is 0 Å². The van der Waals surface area contributed by atoms with Gasteiger partial charge in [0.2, 0.25) is 10.0 Å². The summed E-state index contributed by atoms with van der Waals surface area (Å²) in [6.07, 6.45) is 3.45. The van der Waals surface area contributed by atoms with E-state index in [2.05, 4.69) is 16.9 Å². The van der Waals surface area contributed by atoms with Crippen LogP contribution in [0.1, 0.15) is 41.6 Å². The third-order valence-corrected chi connectivity index (χ3v) is 5.60. The van der Waals surface area contributed by atoms with Crippen LogP contribution in [0, 0.1) is 0 Å². The van der Waals surface area contributed by atoms with E-state index in [1.807, 2.05) is 43.3 Å². The van der Waals surface area contributed by atoms with Crippen LogP contribution in [0.4, 0.5) is 0 Å². The Balaban J connectivity index is 1.71. The lowest BCUT2D eigenvalue weighted by molar-refractivity contribution is 0.566. The second-order valence-corrected chi connectivity index (χ2v) is 7.72. The molecule has 0 saturated heterocycles. The standard InChI is InChI=1S/C18H21NO2S/c1-14(17-11-10-16-8-5-9-18(16)12-17)19-22(20,21)13-15-6-3-2-4-7-15/h2-4,6-7,10-12,14,19H,5,8-9,13H2,1H3/t14-/m1/s1. The number of rotatable bonds is 5. The summed E-state index contributed by atoms with van der Waals surface area (Å²) >= 11 is 0.